The number of aliphatic carboxylic acids is 1. The van der Waals surface area contributed by atoms with Gasteiger partial charge in [-0.25, -0.2) is 4.79 Å². The number of hydrogen-bond donors (Lipinski definition) is 2. The molecule has 3 unspecified atom stereocenters. The predicted molar refractivity (Wildman–Crippen MR) is 61.7 cm³/mol. The monoisotopic (exact) mass is 244 g/mol. The van der Waals surface area contributed by atoms with Crippen LogP contribution in [-0.2, 0) is 14.3 Å². The van der Waals surface area contributed by atoms with Gasteiger partial charge in [-0.2, -0.15) is 0 Å². The van der Waals surface area contributed by atoms with Gasteiger partial charge in [-0.15, -0.1) is 0 Å². The van der Waals surface area contributed by atoms with Gasteiger partial charge in [0.2, 0.25) is 5.91 Å². The first kappa shape index (κ1) is 13.9. The lowest BCUT2D eigenvalue weighted by molar-refractivity contribution is -0.143. The third-order valence-electron chi connectivity index (χ3n) is 2.83. The molecule has 1 heterocycles. The van der Waals surface area contributed by atoms with E-state index in [1.54, 1.807) is 0 Å². The van der Waals surface area contributed by atoms with E-state index in [-0.39, 0.29) is 18.1 Å². The van der Waals surface area contributed by atoms with Crippen molar-refractivity contribution in [1.82, 2.24) is 10.2 Å². The van der Waals surface area contributed by atoms with Crippen LogP contribution < -0.4 is 5.32 Å². The molecule has 0 bridgehead atoms. The van der Waals surface area contributed by atoms with E-state index in [4.69, 9.17) is 9.84 Å². The van der Waals surface area contributed by atoms with Gasteiger partial charge < -0.3 is 15.2 Å². The average molecular weight is 244 g/mol. The van der Waals surface area contributed by atoms with Gasteiger partial charge in [0, 0.05) is 26.1 Å². The van der Waals surface area contributed by atoms with Gasteiger partial charge in [-0.3, -0.25) is 9.69 Å². The van der Waals surface area contributed by atoms with Crippen LogP contribution in [0.25, 0.3) is 0 Å². The number of nitrogens with one attached hydrogen (secondary N) is 1. The lowest BCUT2D eigenvalue weighted by Gasteiger charge is -2.37. The summed E-state index contributed by atoms with van der Waals surface area (Å²) in [5.41, 5.74) is 0. The van der Waals surface area contributed by atoms with Crippen molar-refractivity contribution in [2.24, 2.45) is 0 Å². The molecule has 1 fully saturated rings. The zero-order chi connectivity index (χ0) is 13.0. The van der Waals surface area contributed by atoms with Crippen molar-refractivity contribution in [3.8, 4) is 0 Å². The van der Waals surface area contributed by atoms with Gasteiger partial charge in [-0.1, -0.05) is 0 Å². The fourth-order valence-corrected chi connectivity index (χ4v) is 1.89. The molecule has 0 aromatic heterocycles. The smallest absolute Gasteiger partial charge is 0.327 e. The normalized spacial score (nSPS) is 27.5. The van der Waals surface area contributed by atoms with Gasteiger partial charge in [0.25, 0.3) is 0 Å². The summed E-state index contributed by atoms with van der Waals surface area (Å²) in [6.45, 7) is 6.84. The molecule has 6 nitrogen and oxygen atoms in total. The van der Waals surface area contributed by atoms with Crippen molar-refractivity contribution < 1.29 is 19.4 Å². The largest absolute Gasteiger partial charge is 0.480 e. The van der Waals surface area contributed by atoms with Crippen molar-refractivity contribution in [3.05, 3.63) is 0 Å². The molecule has 0 radical (unpaired) electrons. The summed E-state index contributed by atoms with van der Waals surface area (Å²) >= 11 is 0. The van der Waals surface area contributed by atoms with Crippen molar-refractivity contribution in [3.63, 3.8) is 0 Å². The molecule has 1 aliphatic rings. The first-order valence-electron chi connectivity index (χ1n) is 5.75. The van der Waals surface area contributed by atoms with Crippen LogP contribution in [0.1, 0.15) is 20.8 Å². The second-order valence-corrected chi connectivity index (χ2v) is 4.54. The molecule has 1 aliphatic heterocycles. The Hall–Kier alpha value is -1.14. The molecule has 2 N–H and O–H groups in total. The predicted octanol–water partition coefficient (Wildman–Crippen LogP) is -0.315. The Balaban J connectivity index is 2.58. The van der Waals surface area contributed by atoms with E-state index in [0.717, 1.165) is 0 Å². The van der Waals surface area contributed by atoms with Crippen molar-refractivity contribution in [1.29, 1.82) is 0 Å². The molecular formula is C11H20N2O4. The van der Waals surface area contributed by atoms with E-state index in [1.165, 1.54) is 6.92 Å². The summed E-state index contributed by atoms with van der Waals surface area (Å²) in [7, 11) is 0. The average Bonchev–Trinajstić information content (AvgIpc) is 2.21. The number of carboxylic acids is 1. The molecule has 0 aromatic carbocycles. The molecule has 17 heavy (non-hydrogen) atoms. The Morgan fingerprint density at radius 1 is 1.53 bits per heavy atom. The second kappa shape index (κ2) is 5.97. The Labute approximate surface area is 101 Å². The van der Waals surface area contributed by atoms with Crippen molar-refractivity contribution in [2.45, 2.75) is 39.0 Å². The molecule has 98 valence electrons. The van der Waals surface area contributed by atoms with Crippen LogP contribution in [0, 0.1) is 0 Å². The highest BCUT2D eigenvalue weighted by molar-refractivity contribution is 5.82. The van der Waals surface area contributed by atoms with E-state index in [2.05, 4.69) is 5.32 Å². The fourth-order valence-electron chi connectivity index (χ4n) is 1.89. The Bertz CT molecular complexity index is 295. The van der Waals surface area contributed by atoms with Crippen molar-refractivity contribution >= 4 is 11.9 Å². The van der Waals surface area contributed by atoms with E-state index in [9.17, 15) is 9.59 Å². The third kappa shape index (κ3) is 4.32. The van der Waals surface area contributed by atoms with Gasteiger partial charge >= 0.3 is 5.97 Å². The third-order valence-corrected chi connectivity index (χ3v) is 2.83. The van der Waals surface area contributed by atoms with Crippen LogP contribution in [-0.4, -0.2) is 59.8 Å². The van der Waals surface area contributed by atoms with Crippen LogP contribution in [0.5, 0.6) is 0 Å². The molecule has 6 heteroatoms. The standard InChI is InChI=1S/C11H20N2O4/c1-7-6-17-8(2)4-13(7)5-10(11(15)16)12-9(3)14/h7-8,10H,4-6H2,1-3H3,(H,12,14)(H,15,16). The van der Waals surface area contributed by atoms with Crippen LogP contribution >= 0.6 is 0 Å². The molecule has 0 spiro atoms. The first-order chi connectivity index (χ1) is 7.90. The van der Waals surface area contributed by atoms with Crippen molar-refractivity contribution in [2.75, 3.05) is 19.7 Å². The van der Waals surface area contributed by atoms with Crippen LogP contribution in [0.3, 0.4) is 0 Å². The summed E-state index contributed by atoms with van der Waals surface area (Å²) < 4.78 is 5.47. The number of rotatable bonds is 4. The summed E-state index contributed by atoms with van der Waals surface area (Å²) in [6.07, 6.45) is 0.0953. The maximum absolute atomic E-state index is 11.0. The fraction of sp³-hybridized carbons (Fsp3) is 0.818. The van der Waals surface area contributed by atoms with Gasteiger partial charge in [0.15, 0.2) is 0 Å². The summed E-state index contributed by atoms with van der Waals surface area (Å²) in [5, 5.41) is 11.5. The molecule has 1 amide bonds. The zero-order valence-corrected chi connectivity index (χ0v) is 10.5. The number of hydrogen-bond acceptors (Lipinski definition) is 4. The molecule has 3 atom stereocenters. The zero-order valence-electron chi connectivity index (χ0n) is 10.5. The first-order valence-corrected chi connectivity index (χ1v) is 5.75. The molecule has 0 aliphatic carbocycles. The molecule has 1 saturated heterocycles. The summed E-state index contributed by atoms with van der Waals surface area (Å²) in [4.78, 5) is 24.0. The molecule has 0 aromatic rings. The topological polar surface area (TPSA) is 78.9 Å². The minimum Gasteiger partial charge on any atom is -0.480 e. The van der Waals surface area contributed by atoms with Crippen LogP contribution in [0.15, 0.2) is 0 Å². The highest BCUT2D eigenvalue weighted by Gasteiger charge is 2.28. The van der Waals surface area contributed by atoms with Gasteiger partial charge in [-0.05, 0) is 13.8 Å². The second-order valence-electron chi connectivity index (χ2n) is 4.54. The number of morpholine rings is 1. The number of carboxylic acid groups (broad SMARTS) is 1. The summed E-state index contributed by atoms with van der Waals surface area (Å²) in [5.74, 6) is -1.34. The van der Waals surface area contributed by atoms with Crippen LogP contribution in [0.2, 0.25) is 0 Å². The number of carbonyl (C=O) groups is 2. The minimum atomic E-state index is -1.01. The molecule has 0 saturated carbocycles. The number of nitrogens with zero attached hydrogens (tertiary/aromatic N) is 1. The number of ether oxygens (including phenoxy) is 1. The number of carbonyl (C=O) groups excluding carboxylic acids is 1. The Kier molecular flexibility index (Phi) is 4.89. The quantitative estimate of drug-likeness (QED) is 0.709. The van der Waals surface area contributed by atoms with Gasteiger partial charge in [0.05, 0.1) is 12.7 Å². The maximum Gasteiger partial charge on any atom is 0.327 e. The van der Waals surface area contributed by atoms with E-state index < -0.39 is 12.0 Å². The molecule has 1 rings (SSSR count). The van der Waals surface area contributed by atoms with E-state index in [1.807, 2.05) is 18.7 Å². The SMILES string of the molecule is CC(=O)NC(CN1CC(C)OCC1C)C(=O)O. The van der Waals surface area contributed by atoms with E-state index in [0.29, 0.717) is 19.7 Å². The van der Waals surface area contributed by atoms with Crippen LogP contribution in [0.4, 0.5) is 0 Å². The Morgan fingerprint density at radius 2 is 2.18 bits per heavy atom. The number of amides is 1. The lowest BCUT2D eigenvalue weighted by atomic mass is 10.1. The van der Waals surface area contributed by atoms with Gasteiger partial charge in [0.1, 0.15) is 6.04 Å². The van der Waals surface area contributed by atoms with E-state index >= 15 is 0 Å². The highest BCUT2D eigenvalue weighted by Crippen LogP contribution is 2.11. The molecular weight excluding hydrogens is 224 g/mol. The highest BCUT2D eigenvalue weighted by atomic mass is 16.5. The maximum atomic E-state index is 11.0. The lowest BCUT2D eigenvalue weighted by Crippen LogP contribution is -2.55. The summed E-state index contributed by atoms with van der Waals surface area (Å²) in [6, 6.07) is -0.693. The minimum absolute atomic E-state index is 0.0953. The Morgan fingerprint density at radius 3 is 2.71 bits per heavy atom.